The quantitative estimate of drug-likeness (QED) is 0.170. The van der Waals surface area contributed by atoms with E-state index in [0.717, 1.165) is 29.8 Å². The van der Waals surface area contributed by atoms with E-state index in [1.165, 1.54) is 19.9 Å². The molecule has 3 atom stereocenters. The summed E-state index contributed by atoms with van der Waals surface area (Å²) >= 11 is 0. The van der Waals surface area contributed by atoms with Crippen LogP contribution in [0.5, 0.6) is 0 Å². The van der Waals surface area contributed by atoms with Crippen LogP contribution in [0.2, 0.25) is 0 Å². The molecule has 0 spiro atoms. The summed E-state index contributed by atoms with van der Waals surface area (Å²) in [6.45, 7) is 6.28. The Morgan fingerprint density at radius 3 is 2.02 bits per heavy atom. The first-order chi connectivity index (χ1) is 20.4. The average molecular weight is 624 g/mol. The van der Waals surface area contributed by atoms with Crippen molar-refractivity contribution in [1.82, 2.24) is 5.32 Å². The number of amides is 1. The van der Waals surface area contributed by atoms with E-state index >= 15 is 0 Å². The van der Waals surface area contributed by atoms with Crippen molar-refractivity contribution in [3.8, 4) is 0 Å². The second-order valence-corrected chi connectivity index (χ2v) is 10.6. The number of hydrogen-bond acceptors (Lipinski definition) is 5. The van der Waals surface area contributed by atoms with Gasteiger partial charge in [0.15, 0.2) is 5.78 Å². The number of nitrogens with one attached hydrogen (secondary N) is 1. The van der Waals surface area contributed by atoms with Crippen LogP contribution in [0.4, 0.5) is 31.1 Å². The second-order valence-electron chi connectivity index (χ2n) is 10.6. The molecular formula is C32H31F6NO5. The monoisotopic (exact) mass is 623 g/mol. The molecule has 0 saturated carbocycles. The number of ketones is 1. The molecule has 4 rings (SSSR count). The average Bonchev–Trinajstić information content (AvgIpc) is 3.28. The minimum atomic E-state index is -4.55. The third kappa shape index (κ3) is 9.58. The van der Waals surface area contributed by atoms with Gasteiger partial charge < -0.3 is 14.8 Å². The summed E-state index contributed by atoms with van der Waals surface area (Å²) in [7, 11) is 0. The number of hydrogen-bond donors (Lipinski definition) is 1. The van der Waals surface area contributed by atoms with Crippen LogP contribution < -0.4 is 5.32 Å². The maximum absolute atomic E-state index is 12.9. The second kappa shape index (κ2) is 14.0. The smallest absolute Gasteiger partial charge is 0.416 e. The first-order valence-electron chi connectivity index (χ1n) is 13.5. The SMILES string of the molecule is Cc1cc(C(=O)C(C)NC(=O)OCc2ccccc2)cc(C(F)(F)F)c1.Cc1cc([C@H]2OC(=O)C[C@H]2C)cc(C(F)(F)F)c1. The van der Waals surface area contributed by atoms with Crippen LogP contribution in [-0.2, 0) is 33.2 Å². The number of aryl methyl sites for hydroxylation is 2. The number of cyclic esters (lactones) is 1. The van der Waals surface area contributed by atoms with E-state index in [9.17, 15) is 40.7 Å². The summed E-state index contributed by atoms with van der Waals surface area (Å²) in [6, 6.07) is 14.8. The van der Waals surface area contributed by atoms with Gasteiger partial charge in [-0.25, -0.2) is 4.79 Å². The standard InChI is InChI=1S/C19H18F3NO3.C13H13F3O2/c1-12-8-15(10-16(9-12)19(20,21)22)17(24)13(2)23-18(25)26-11-14-6-4-3-5-7-14;1-7-3-9(6-10(4-7)13(14,15)16)12-8(2)5-11(17)18-12/h3-10,13H,11H2,1-2H3,(H,23,25);3-4,6,8,12H,5H2,1-2H3/t;8-,12+/m.1/s1. The van der Waals surface area contributed by atoms with Gasteiger partial charge in [-0.15, -0.1) is 0 Å². The summed E-state index contributed by atoms with van der Waals surface area (Å²) in [5.74, 6) is -1.08. The minimum absolute atomic E-state index is 0.0241. The number of esters is 1. The van der Waals surface area contributed by atoms with Gasteiger partial charge in [0.25, 0.3) is 0 Å². The lowest BCUT2D eigenvalue weighted by Gasteiger charge is -2.17. The lowest BCUT2D eigenvalue weighted by molar-refractivity contribution is -0.142. The first-order valence-corrected chi connectivity index (χ1v) is 13.5. The van der Waals surface area contributed by atoms with Crippen molar-refractivity contribution >= 4 is 17.8 Å². The Labute approximate surface area is 250 Å². The minimum Gasteiger partial charge on any atom is -0.457 e. The number of carbonyl (C=O) groups is 3. The first kappa shape index (κ1) is 34.1. The Hall–Kier alpha value is -4.35. The Morgan fingerprint density at radius 1 is 0.909 bits per heavy atom. The molecule has 1 amide bonds. The number of alkyl carbamates (subject to hydrolysis) is 1. The van der Waals surface area contributed by atoms with Gasteiger partial charge >= 0.3 is 24.4 Å². The van der Waals surface area contributed by atoms with Crippen LogP contribution in [0.1, 0.15) is 70.1 Å². The molecule has 1 saturated heterocycles. The van der Waals surface area contributed by atoms with Gasteiger partial charge in [0.05, 0.1) is 23.6 Å². The molecule has 1 aliphatic rings. The third-order valence-electron chi connectivity index (χ3n) is 6.65. The van der Waals surface area contributed by atoms with Crippen LogP contribution in [0.3, 0.4) is 0 Å². The summed E-state index contributed by atoms with van der Waals surface area (Å²) in [5.41, 5.74) is 0.286. The number of rotatable bonds is 6. The van der Waals surface area contributed by atoms with E-state index in [0.29, 0.717) is 16.7 Å². The van der Waals surface area contributed by atoms with Gasteiger partial charge in [-0.1, -0.05) is 48.9 Å². The van der Waals surface area contributed by atoms with Crippen LogP contribution in [0.25, 0.3) is 0 Å². The van der Waals surface area contributed by atoms with E-state index < -0.39 is 47.5 Å². The topological polar surface area (TPSA) is 81.7 Å². The number of Topliss-reactive ketones (excluding diaryl/α,β-unsaturated/α-hetero) is 1. The maximum atomic E-state index is 12.9. The third-order valence-corrected chi connectivity index (χ3v) is 6.65. The molecule has 1 unspecified atom stereocenters. The number of alkyl halides is 6. The zero-order chi connectivity index (χ0) is 32.8. The fraction of sp³-hybridized carbons (Fsp3) is 0.344. The van der Waals surface area contributed by atoms with Crippen molar-refractivity contribution in [2.75, 3.05) is 0 Å². The maximum Gasteiger partial charge on any atom is 0.416 e. The normalized spacial score (nSPS) is 17.2. The van der Waals surface area contributed by atoms with Gasteiger partial charge in [0, 0.05) is 11.5 Å². The van der Waals surface area contributed by atoms with Gasteiger partial charge in [0.2, 0.25) is 0 Å². The van der Waals surface area contributed by atoms with Gasteiger partial charge in [-0.05, 0) is 67.8 Å². The largest absolute Gasteiger partial charge is 0.457 e. The van der Waals surface area contributed by atoms with E-state index in [-0.39, 0.29) is 30.5 Å². The predicted molar refractivity (Wildman–Crippen MR) is 149 cm³/mol. The summed E-state index contributed by atoms with van der Waals surface area (Å²) in [4.78, 5) is 35.3. The van der Waals surface area contributed by atoms with Crippen LogP contribution in [0.15, 0.2) is 66.7 Å². The number of halogens is 6. The molecule has 1 N–H and O–H groups in total. The molecule has 1 heterocycles. The van der Waals surface area contributed by atoms with Crippen molar-refractivity contribution in [2.45, 2.75) is 65.2 Å². The molecular weight excluding hydrogens is 592 g/mol. The predicted octanol–water partition coefficient (Wildman–Crippen LogP) is 8.15. The van der Waals surface area contributed by atoms with Crippen molar-refractivity contribution in [3.05, 3.63) is 106 Å². The molecule has 236 valence electrons. The van der Waals surface area contributed by atoms with Gasteiger partial charge in [0.1, 0.15) is 12.7 Å². The fourth-order valence-electron chi connectivity index (χ4n) is 4.56. The highest BCUT2D eigenvalue weighted by Gasteiger charge is 2.36. The van der Waals surface area contributed by atoms with Crippen LogP contribution in [-0.4, -0.2) is 23.9 Å². The molecule has 3 aromatic carbocycles. The summed E-state index contributed by atoms with van der Waals surface area (Å²) in [6.07, 6.45) is -10.1. The number of carbonyl (C=O) groups excluding carboxylic acids is 3. The molecule has 0 aliphatic carbocycles. The Morgan fingerprint density at radius 2 is 1.48 bits per heavy atom. The van der Waals surface area contributed by atoms with E-state index in [2.05, 4.69) is 5.32 Å². The highest BCUT2D eigenvalue weighted by atomic mass is 19.4. The molecule has 1 fully saturated rings. The highest BCUT2D eigenvalue weighted by Crippen LogP contribution is 2.38. The molecule has 1 aliphatic heterocycles. The Kier molecular flexibility index (Phi) is 10.8. The Bertz CT molecular complexity index is 1490. The molecule has 6 nitrogen and oxygen atoms in total. The fourth-order valence-corrected chi connectivity index (χ4v) is 4.56. The molecule has 0 bridgehead atoms. The van der Waals surface area contributed by atoms with Crippen molar-refractivity contribution in [1.29, 1.82) is 0 Å². The summed E-state index contributed by atoms with van der Waals surface area (Å²) in [5, 5.41) is 2.33. The van der Waals surface area contributed by atoms with Crippen molar-refractivity contribution in [2.24, 2.45) is 5.92 Å². The molecule has 3 aromatic rings. The number of benzene rings is 3. The zero-order valence-electron chi connectivity index (χ0n) is 24.3. The lowest BCUT2D eigenvalue weighted by Crippen LogP contribution is -2.38. The van der Waals surface area contributed by atoms with E-state index in [1.54, 1.807) is 44.2 Å². The molecule has 0 radical (unpaired) electrons. The lowest BCUT2D eigenvalue weighted by atomic mass is 9.94. The van der Waals surface area contributed by atoms with Crippen LogP contribution in [0, 0.1) is 19.8 Å². The highest BCUT2D eigenvalue weighted by molar-refractivity contribution is 6.01. The van der Waals surface area contributed by atoms with Gasteiger partial charge in [-0.2, -0.15) is 26.3 Å². The van der Waals surface area contributed by atoms with E-state index in [1.807, 2.05) is 6.07 Å². The Balaban J connectivity index is 0.000000257. The molecule has 0 aromatic heterocycles. The summed E-state index contributed by atoms with van der Waals surface area (Å²) < 4.78 is 86.8. The van der Waals surface area contributed by atoms with Crippen molar-refractivity contribution < 1.29 is 50.2 Å². The van der Waals surface area contributed by atoms with Crippen molar-refractivity contribution in [3.63, 3.8) is 0 Å². The molecule has 12 heteroatoms. The van der Waals surface area contributed by atoms with E-state index in [4.69, 9.17) is 9.47 Å². The van der Waals surface area contributed by atoms with Crippen LogP contribution >= 0.6 is 0 Å². The van der Waals surface area contributed by atoms with Gasteiger partial charge in [-0.3, -0.25) is 9.59 Å². The molecule has 44 heavy (non-hydrogen) atoms. The zero-order valence-corrected chi connectivity index (χ0v) is 24.3. The number of ether oxygens (including phenoxy) is 2.